The molecule has 0 aliphatic carbocycles. The second-order valence-corrected chi connectivity index (χ2v) is 3.39. The number of phenols is 1. The van der Waals surface area contributed by atoms with Crippen LogP contribution in [0.4, 0.5) is 0 Å². The lowest BCUT2D eigenvalue weighted by molar-refractivity contribution is 0.321. The summed E-state index contributed by atoms with van der Waals surface area (Å²) in [5.41, 5.74) is 0.358. The molecule has 1 rings (SSSR count). The number of hydrogen-bond acceptors (Lipinski definition) is 3. The zero-order valence-corrected chi connectivity index (χ0v) is 8.17. The zero-order chi connectivity index (χ0) is 9.14. The van der Waals surface area contributed by atoms with Gasteiger partial charge in [0.2, 0.25) is 0 Å². The third-order valence-electron chi connectivity index (χ3n) is 1.25. The summed E-state index contributed by atoms with van der Waals surface area (Å²) in [6, 6.07) is 3.13. The number of oxime groups is 1. The molecular formula is C7H5BrClNO2. The van der Waals surface area contributed by atoms with Crippen LogP contribution in [0.5, 0.6) is 5.75 Å². The van der Waals surface area contributed by atoms with Gasteiger partial charge in [0, 0.05) is 10.0 Å². The van der Waals surface area contributed by atoms with E-state index in [0.29, 0.717) is 10.0 Å². The first-order valence-electron chi connectivity index (χ1n) is 3.00. The van der Waals surface area contributed by atoms with Gasteiger partial charge in [0.05, 0.1) is 11.2 Å². The molecule has 0 aliphatic rings. The minimum Gasteiger partial charge on any atom is -0.506 e. The van der Waals surface area contributed by atoms with Gasteiger partial charge >= 0.3 is 0 Å². The van der Waals surface area contributed by atoms with Crippen LogP contribution in [0, 0.1) is 0 Å². The molecule has 0 heterocycles. The van der Waals surface area contributed by atoms with Crippen LogP contribution in [0.1, 0.15) is 5.56 Å². The van der Waals surface area contributed by atoms with Gasteiger partial charge in [-0.1, -0.05) is 32.7 Å². The molecule has 64 valence electrons. The van der Waals surface area contributed by atoms with Crippen molar-refractivity contribution in [3.63, 3.8) is 0 Å². The highest BCUT2D eigenvalue weighted by molar-refractivity contribution is 9.10. The van der Waals surface area contributed by atoms with Crippen LogP contribution >= 0.6 is 27.5 Å². The number of nitrogens with zero attached hydrogens (tertiary/aromatic N) is 1. The van der Waals surface area contributed by atoms with Crippen LogP contribution in [0.3, 0.4) is 0 Å². The van der Waals surface area contributed by atoms with Crippen molar-refractivity contribution >= 4 is 33.7 Å². The first-order valence-corrected chi connectivity index (χ1v) is 4.17. The molecule has 0 amide bonds. The summed E-state index contributed by atoms with van der Waals surface area (Å²) >= 11 is 8.81. The van der Waals surface area contributed by atoms with E-state index in [2.05, 4.69) is 21.1 Å². The topological polar surface area (TPSA) is 52.8 Å². The minimum absolute atomic E-state index is 0.0994. The van der Waals surface area contributed by atoms with Crippen molar-refractivity contribution in [2.75, 3.05) is 0 Å². The first kappa shape index (κ1) is 9.35. The van der Waals surface area contributed by atoms with Crippen molar-refractivity contribution in [2.45, 2.75) is 0 Å². The largest absolute Gasteiger partial charge is 0.506 e. The van der Waals surface area contributed by atoms with Crippen LogP contribution in [-0.4, -0.2) is 16.5 Å². The molecule has 5 heteroatoms. The molecule has 0 atom stereocenters. The highest BCUT2D eigenvalue weighted by Crippen LogP contribution is 2.30. The van der Waals surface area contributed by atoms with E-state index in [4.69, 9.17) is 16.8 Å². The molecule has 0 fully saturated rings. The summed E-state index contributed by atoms with van der Waals surface area (Å²) in [5, 5.41) is 20.5. The maximum Gasteiger partial charge on any atom is 0.143 e. The average molecular weight is 250 g/mol. The molecule has 0 bridgehead atoms. The van der Waals surface area contributed by atoms with E-state index in [1.54, 1.807) is 12.1 Å². The van der Waals surface area contributed by atoms with Crippen LogP contribution < -0.4 is 0 Å². The van der Waals surface area contributed by atoms with E-state index in [9.17, 15) is 5.11 Å². The molecule has 0 spiro atoms. The molecule has 0 unspecified atom stereocenters. The number of halogens is 2. The lowest BCUT2D eigenvalue weighted by Crippen LogP contribution is -1.83. The summed E-state index contributed by atoms with van der Waals surface area (Å²) in [6.07, 6.45) is 1.10. The Hall–Kier alpha value is -0.740. The molecule has 2 N–H and O–H groups in total. The standard InChI is InChI=1S/C7H5BrClNO2/c8-5-1-4(3-10-12)7(11)6(9)2-5/h1-3,11-12H/b10-3+. The lowest BCUT2D eigenvalue weighted by Gasteiger charge is -2.00. The Balaban J connectivity index is 3.27. The Morgan fingerprint density at radius 3 is 2.75 bits per heavy atom. The average Bonchev–Trinajstić information content (AvgIpc) is 2.00. The molecule has 0 saturated heterocycles. The molecule has 0 saturated carbocycles. The van der Waals surface area contributed by atoms with Gasteiger partial charge < -0.3 is 10.3 Å². The third kappa shape index (κ3) is 1.89. The van der Waals surface area contributed by atoms with Crippen LogP contribution in [0.2, 0.25) is 5.02 Å². The van der Waals surface area contributed by atoms with Crippen molar-refractivity contribution in [3.05, 3.63) is 27.2 Å². The summed E-state index contributed by atoms with van der Waals surface area (Å²) in [6.45, 7) is 0. The van der Waals surface area contributed by atoms with E-state index in [0.717, 1.165) is 6.21 Å². The van der Waals surface area contributed by atoms with Gasteiger partial charge in [-0.3, -0.25) is 0 Å². The van der Waals surface area contributed by atoms with Gasteiger partial charge in [-0.15, -0.1) is 0 Å². The fourth-order valence-electron chi connectivity index (χ4n) is 0.746. The first-order chi connectivity index (χ1) is 5.65. The Kier molecular flexibility index (Phi) is 2.94. The summed E-state index contributed by atoms with van der Waals surface area (Å²) in [5.74, 6) is -0.0994. The number of aromatic hydroxyl groups is 1. The number of phenolic OH excluding ortho intramolecular Hbond substituents is 1. The van der Waals surface area contributed by atoms with E-state index < -0.39 is 0 Å². The molecule has 0 radical (unpaired) electrons. The predicted molar refractivity (Wildman–Crippen MR) is 50.2 cm³/mol. The Bertz CT molecular complexity index is 327. The van der Waals surface area contributed by atoms with Gasteiger partial charge in [-0.05, 0) is 12.1 Å². The maximum atomic E-state index is 9.30. The van der Waals surface area contributed by atoms with Gasteiger partial charge in [0.1, 0.15) is 5.75 Å². The summed E-state index contributed by atoms with van der Waals surface area (Å²) < 4.78 is 0.709. The lowest BCUT2D eigenvalue weighted by atomic mass is 10.2. The van der Waals surface area contributed by atoms with Crippen LogP contribution in [0.15, 0.2) is 21.8 Å². The molecule has 0 aliphatic heterocycles. The molecule has 0 aromatic heterocycles. The summed E-state index contributed by atoms with van der Waals surface area (Å²) in [4.78, 5) is 0. The predicted octanol–water partition coefficient (Wildman–Crippen LogP) is 2.62. The highest BCUT2D eigenvalue weighted by Gasteiger charge is 2.05. The second-order valence-electron chi connectivity index (χ2n) is 2.07. The summed E-state index contributed by atoms with van der Waals surface area (Å²) in [7, 11) is 0. The van der Waals surface area contributed by atoms with Crippen LogP contribution in [-0.2, 0) is 0 Å². The third-order valence-corrected chi connectivity index (χ3v) is 2.00. The van der Waals surface area contributed by atoms with Gasteiger partial charge in [0.25, 0.3) is 0 Å². The SMILES string of the molecule is O/N=C/c1cc(Br)cc(Cl)c1O. The number of rotatable bonds is 1. The molecule has 3 nitrogen and oxygen atoms in total. The second kappa shape index (κ2) is 3.78. The Labute approximate surface area is 82.4 Å². The van der Waals surface area contributed by atoms with E-state index >= 15 is 0 Å². The fraction of sp³-hybridized carbons (Fsp3) is 0. The normalized spacial score (nSPS) is 10.8. The van der Waals surface area contributed by atoms with E-state index in [1.807, 2.05) is 0 Å². The van der Waals surface area contributed by atoms with Crippen LogP contribution in [0.25, 0.3) is 0 Å². The van der Waals surface area contributed by atoms with Crippen molar-refractivity contribution in [2.24, 2.45) is 5.16 Å². The maximum absolute atomic E-state index is 9.30. The number of hydrogen-bond donors (Lipinski definition) is 2. The Morgan fingerprint density at radius 2 is 2.17 bits per heavy atom. The fourth-order valence-corrected chi connectivity index (χ4v) is 1.58. The van der Waals surface area contributed by atoms with Crippen molar-refractivity contribution in [1.82, 2.24) is 0 Å². The van der Waals surface area contributed by atoms with Crippen molar-refractivity contribution in [3.8, 4) is 5.75 Å². The van der Waals surface area contributed by atoms with Gasteiger partial charge in [0.15, 0.2) is 0 Å². The van der Waals surface area contributed by atoms with E-state index in [-0.39, 0.29) is 10.8 Å². The quantitative estimate of drug-likeness (QED) is 0.457. The smallest absolute Gasteiger partial charge is 0.143 e. The van der Waals surface area contributed by atoms with Gasteiger partial charge in [-0.25, -0.2) is 0 Å². The minimum atomic E-state index is -0.0994. The van der Waals surface area contributed by atoms with E-state index in [1.165, 1.54) is 0 Å². The van der Waals surface area contributed by atoms with Crippen molar-refractivity contribution in [1.29, 1.82) is 0 Å². The zero-order valence-electron chi connectivity index (χ0n) is 5.83. The van der Waals surface area contributed by atoms with Crippen molar-refractivity contribution < 1.29 is 10.3 Å². The number of benzene rings is 1. The molecule has 12 heavy (non-hydrogen) atoms. The Morgan fingerprint density at radius 1 is 1.50 bits per heavy atom. The highest BCUT2D eigenvalue weighted by atomic mass is 79.9. The van der Waals surface area contributed by atoms with Gasteiger partial charge in [-0.2, -0.15) is 0 Å². The monoisotopic (exact) mass is 249 g/mol. The molecule has 1 aromatic carbocycles. The molecular weight excluding hydrogens is 245 g/mol. The molecule has 1 aromatic rings.